The second-order valence-corrected chi connectivity index (χ2v) is 5.16. The van der Waals surface area contributed by atoms with Crippen LogP contribution in [0.4, 0.5) is 4.39 Å². The Morgan fingerprint density at radius 1 is 1.38 bits per heavy atom. The molecule has 21 heavy (non-hydrogen) atoms. The van der Waals surface area contributed by atoms with E-state index in [-0.39, 0.29) is 24.7 Å². The van der Waals surface area contributed by atoms with Crippen LogP contribution >= 0.6 is 15.9 Å². The molecule has 6 nitrogen and oxygen atoms in total. The summed E-state index contributed by atoms with van der Waals surface area (Å²) in [5.41, 5.74) is 1.25. The van der Waals surface area contributed by atoms with Gasteiger partial charge in [0.1, 0.15) is 5.82 Å². The number of esters is 1. The average Bonchev–Trinajstić information content (AvgIpc) is 2.80. The van der Waals surface area contributed by atoms with Gasteiger partial charge in [-0.15, -0.1) is 5.10 Å². The van der Waals surface area contributed by atoms with Gasteiger partial charge in [0.15, 0.2) is 5.69 Å². The number of methoxy groups -OCH3 is 2. The predicted molar refractivity (Wildman–Crippen MR) is 75.3 cm³/mol. The first-order valence-corrected chi connectivity index (χ1v) is 6.79. The Bertz CT molecular complexity index is 640. The molecule has 0 spiro atoms. The number of hydrogen-bond donors (Lipinski definition) is 0. The number of hydrogen-bond acceptors (Lipinski definition) is 5. The lowest BCUT2D eigenvalue weighted by Crippen LogP contribution is -2.11. The first-order chi connectivity index (χ1) is 10.0. The van der Waals surface area contributed by atoms with Gasteiger partial charge < -0.3 is 9.47 Å². The number of aromatic nitrogens is 3. The molecule has 0 bridgehead atoms. The smallest absolute Gasteiger partial charge is 0.360 e. The molecule has 0 amide bonds. The fourth-order valence-corrected chi connectivity index (χ4v) is 2.38. The average molecular weight is 358 g/mol. The molecule has 1 aromatic heterocycles. The summed E-state index contributed by atoms with van der Waals surface area (Å²) in [6, 6.07) is 4.51. The van der Waals surface area contributed by atoms with E-state index in [1.165, 1.54) is 31.0 Å². The maximum absolute atomic E-state index is 13.4. The van der Waals surface area contributed by atoms with Crippen LogP contribution in [0.3, 0.4) is 0 Å². The summed E-state index contributed by atoms with van der Waals surface area (Å²) in [4.78, 5) is 11.6. The van der Waals surface area contributed by atoms with Gasteiger partial charge in [0, 0.05) is 11.6 Å². The van der Waals surface area contributed by atoms with Gasteiger partial charge in [0.2, 0.25) is 0 Å². The van der Waals surface area contributed by atoms with Gasteiger partial charge in [-0.3, -0.25) is 0 Å². The molecule has 0 aliphatic rings. The van der Waals surface area contributed by atoms with Crippen molar-refractivity contribution in [2.45, 2.75) is 13.2 Å². The predicted octanol–water partition coefficient (Wildman–Crippen LogP) is 2.16. The van der Waals surface area contributed by atoms with Crippen molar-refractivity contribution in [3.8, 4) is 0 Å². The maximum atomic E-state index is 13.4. The lowest BCUT2D eigenvalue weighted by molar-refractivity contribution is 0.0588. The van der Waals surface area contributed by atoms with Gasteiger partial charge in [-0.2, -0.15) is 0 Å². The van der Waals surface area contributed by atoms with Crippen molar-refractivity contribution in [2.24, 2.45) is 0 Å². The summed E-state index contributed by atoms with van der Waals surface area (Å²) < 4.78 is 25.2. The fraction of sp³-hybridized carbons (Fsp3) is 0.308. The van der Waals surface area contributed by atoms with E-state index in [0.717, 1.165) is 0 Å². The van der Waals surface area contributed by atoms with E-state index in [2.05, 4.69) is 31.0 Å². The molecule has 8 heteroatoms. The molecule has 1 heterocycles. The third-order valence-corrected chi connectivity index (χ3v) is 3.21. The minimum Gasteiger partial charge on any atom is -0.464 e. The van der Waals surface area contributed by atoms with Crippen LogP contribution in [-0.2, 0) is 22.6 Å². The molecule has 112 valence electrons. The minimum atomic E-state index is -0.589. The standard InChI is InChI=1S/C13H13BrFN3O3/c1-20-7-11-12(13(19)21-2)16-17-18(11)6-8-3-9(14)5-10(15)4-8/h3-5H,6-7H2,1-2H3. The summed E-state index contributed by atoms with van der Waals surface area (Å²) in [6.45, 7) is 0.410. The van der Waals surface area contributed by atoms with Gasteiger partial charge in [-0.1, -0.05) is 21.1 Å². The highest BCUT2D eigenvalue weighted by atomic mass is 79.9. The Morgan fingerprint density at radius 2 is 2.14 bits per heavy atom. The summed E-state index contributed by atoms with van der Waals surface area (Å²) >= 11 is 3.23. The van der Waals surface area contributed by atoms with Crippen molar-refractivity contribution >= 4 is 21.9 Å². The summed E-state index contributed by atoms with van der Waals surface area (Å²) in [5, 5.41) is 7.71. The number of rotatable bonds is 5. The second-order valence-electron chi connectivity index (χ2n) is 4.24. The van der Waals surface area contributed by atoms with E-state index in [9.17, 15) is 9.18 Å². The Labute approximate surface area is 129 Å². The SMILES string of the molecule is COCc1c(C(=O)OC)nnn1Cc1cc(F)cc(Br)c1. The van der Waals surface area contributed by atoms with Crippen LogP contribution in [0.15, 0.2) is 22.7 Å². The van der Waals surface area contributed by atoms with Gasteiger partial charge >= 0.3 is 5.97 Å². The van der Waals surface area contributed by atoms with Crippen LogP contribution in [0.5, 0.6) is 0 Å². The van der Waals surface area contributed by atoms with E-state index < -0.39 is 5.97 Å². The molecular weight excluding hydrogens is 345 g/mol. The third kappa shape index (κ3) is 3.64. The molecule has 2 aromatic rings. The lowest BCUT2D eigenvalue weighted by Gasteiger charge is -2.07. The van der Waals surface area contributed by atoms with Crippen molar-refractivity contribution in [1.29, 1.82) is 0 Å². The van der Waals surface area contributed by atoms with Gasteiger partial charge in [-0.05, 0) is 23.8 Å². The van der Waals surface area contributed by atoms with Crippen molar-refractivity contribution in [3.05, 3.63) is 45.4 Å². The van der Waals surface area contributed by atoms with Crippen molar-refractivity contribution in [3.63, 3.8) is 0 Å². The monoisotopic (exact) mass is 357 g/mol. The van der Waals surface area contributed by atoms with Crippen molar-refractivity contribution in [1.82, 2.24) is 15.0 Å². The second kappa shape index (κ2) is 6.77. The fourth-order valence-electron chi connectivity index (χ4n) is 1.87. The molecule has 0 fully saturated rings. The number of ether oxygens (including phenoxy) is 2. The number of carbonyl (C=O) groups excluding carboxylic acids is 1. The zero-order chi connectivity index (χ0) is 15.4. The zero-order valence-corrected chi connectivity index (χ0v) is 13.1. The van der Waals surface area contributed by atoms with Crippen LogP contribution in [0, 0.1) is 5.82 Å². The first kappa shape index (κ1) is 15.6. The van der Waals surface area contributed by atoms with Crippen molar-refractivity contribution < 1.29 is 18.7 Å². The Kier molecular flexibility index (Phi) is 5.03. The van der Waals surface area contributed by atoms with Crippen LogP contribution in [0.1, 0.15) is 21.7 Å². The van der Waals surface area contributed by atoms with E-state index in [1.54, 1.807) is 6.07 Å². The van der Waals surface area contributed by atoms with Crippen LogP contribution in [-0.4, -0.2) is 35.2 Å². The molecule has 1 aromatic carbocycles. The number of nitrogens with zero attached hydrogens (tertiary/aromatic N) is 3. The van der Waals surface area contributed by atoms with Gasteiger partial charge in [-0.25, -0.2) is 13.9 Å². The highest BCUT2D eigenvalue weighted by Gasteiger charge is 2.20. The molecule has 0 saturated heterocycles. The highest BCUT2D eigenvalue weighted by Crippen LogP contribution is 2.17. The molecular formula is C13H13BrFN3O3. The van der Waals surface area contributed by atoms with Crippen LogP contribution in [0.25, 0.3) is 0 Å². The van der Waals surface area contributed by atoms with Gasteiger partial charge in [0.25, 0.3) is 0 Å². The molecule has 2 rings (SSSR count). The molecule has 0 saturated carbocycles. The topological polar surface area (TPSA) is 66.2 Å². The summed E-state index contributed by atoms with van der Waals surface area (Å²) in [5.74, 6) is -0.949. The highest BCUT2D eigenvalue weighted by molar-refractivity contribution is 9.10. The normalized spacial score (nSPS) is 10.7. The summed E-state index contributed by atoms with van der Waals surface area (Å²) in [6.07, 6.45) is 0. The number of halogens is 2. The van der Waals surface area contributed by atoms with E-state index in [4.69, 9.17) is 4.74 Å². The third-order valence-electron chi connectivity index (χ3n) is 2.75. The molecule has 0 aliphatic heterocycles. The van der Waals surface area contributed by atoms with E-state index >= 15 is 0 Å². The van der Waals surface area contributed by atoms with Gasteiger partial charge in [0.05, 0.1) is 26.0 Å². The Hall–Kier alpha value is -1.80. The zero-order valence-electron chi connectivity index (χ0n) is 11.5. The minimum absolute atomic E-state index is 0.0924. The number of carbonyl (C=O) groups is 1. The molecule has 0 unspecified atom stereocenters. The quantitative estimate of drug-likeness (QED) is 0.767. The van der Waals surface area contributed by atoms with E-state index in [1.807, 2.05) is 0 Å². The molecule has 0 radical (unpaired) electrons. The number of benzene rings is 1. The molecule has 0 atom stereocenters. The Balaban J connectivity index is 2.35. The van der Waals surface area contributed by atoms with Crippen LogP contribution < -0.4 is 0 Å². The molecule has 0 aliphatic carbocycles. The Morgan fingerprint density at radius 3 is 2.76 bits per heavy atom. The maximum Gasteiger partial charge on any atom is 0.360 e. The first-order valence-electron chi connectivity index (χ1n) is 5.99. The molecule has 0 N–H and O–H groups in total. The lowest BCUT2D eigenvalue weighted by atomic mass is 10.2. The van der Waals surface area contributed by atoms with Crippen LogP contribution in [0.2, 0.25) is 0 Å². The largest absolute Gasteiger partial charge is 0.464 e. The van der Waals surface area contributed by atoms with Crippen molar-refractivity contribution in [2.75, 3.05) is 14.2 Å². The van der Waals surface area contributed by atoms with E-state index in [0.29, 0.717) is 15.7 Å². The summed E-state index contributed by atoms with van der Waals surface area (Å²) in [7, 11) is 2.76.